The minimum atomic E-state index is -1.14. The van der Waals surface area contributed by atoms with E-state index < -0.39 is 23.5 Å². The number of carboxylic acids is 1. The zero-order valence-corrected chi connectivity index (χ0v) is 12.9. The van der Waals surface area contributed by atoms with Crippen molar-refractivity contribution in [1.82, 2.24) is 14.3 Å². The first-order valence-corrected chi connectivity index (χ1v) is 7.05. The van der Waals surface area contributed by atoms with Crippen LogP contribution in [0.3, 0.4) is 0 Å². The molecule has 0 aliphatic carbocycles. The summed E-state index contributed by atoms with van der Waals surface area (Å²) in [4.78, 5) is 42.3. The van der Waals surface area contributed by atoms with Crippen LogP contribution in [0.25, 0.3) is 4.96 Å². The molecular formula is C13H15N3O4S. The lowest BCUT2D eigenvalue weighted by Crippen LogP contribution is -2.42. The van der Waals surface area contributed by atoms with Gasteiger partial charge in [-0.1, -0.05) is 0 Å². The van der Waals surface area contributed by atoms with Crippen molar-refractivity contribution < 1.29 is 14.7 Å². The van der Waals surface area contributed by atoms with Crippen LogP contribution in [0.2, 0.25) is 0 Å². The number of hydrogen-bond acceptors (Lipinski definition) is 5. The highest BCUT2D eigenvalue weighted by Gasteiger charge is 2.26. The van der Waals surface area contributed by atoms with Gasteiger partial charge in [-0.15, -0.1) is 11.3 Å². The number of carbonyl (C=O) groups is 2. The minimum absolute atomic E-state index is 0.135. The molecule has 8 heteroatoms. The maximum atomic E-state index is 12.4. The summed E-state index contributed by atoms with van der Waals surface area (Å²) in [6.45, 7) is 5.03. The zero-order valence-electron chi connectivity index (χ0n) is 12.1. The summed E-state index contributed by atoms with van der Waals surface area (Å²) in [5.41, 5.74) is 0.122. The molecule has 1 amide bonds. The van der Waals surface area contributed by atoms with Crippen molar-refractivity contribution in [1.29, 1.82) is 0 Å². The van der Waals surface area contributed by atoms with Gasteiger partial charge in [-0.05, 0) is 20.8 Å². The number of likely N-dealkylation sites (N-methyl/N-ethyl adjacent to an activating group) is 1. The fourth-order valence-electron chi connectivity index (χ4n) is 1.85. The van der Waals surface area contributed by atoms with E-state index in [4.69, 9.17) is 5.11 Å². The molecule has 2 aromatic rings. The summed E-state index contributed by atoms with van der Waals surface area (Å²) < 4.78 is 1.38. The van der Waals surface area contributed by atoms with Gasteiger partial charge in [0.05, 0.1) is 0 Å². The maximum absolute atomic E-state index is 12.4. The van der Waals surface area contributed by atoms with Gasteiger partial charge >= 0.3 is 5.97 Å². The number of thiazole rings is 1. The van der Waals surface area contributed by atoms with Crippen molar-refractivity contribution in [2.75, 3.05) is 7.05 Å². The quantitative estimate of drug-likeness (QED) is 0.910. The average Bonchev–Trinajstić information content (AvgIpc) is 2.72. The van der Waals surface area contributed by atoms with E-state index in [1.165, 1.54) is 35.9 Å². The molecule has 0 aromatic carbocycles. The van der Waals surface area contributed by atoms with Gasteiger partial charge in [0, 0.05) is 23.8 Å². The first-order valence-electron chi connectivity index (χ1n) is 6.23. The Labute approximate surface area is 124 Å². The predicted octanol–water partition coefficient (Wildman–Crippen LogP) is 0.918. The van der Waals surface area contributed by atoms with Gasteiger partial charge in [-0.3, -0.25) is 14.0 Å². The number of rotatable bonds is 3. The molecule has 0 radical (unpaired) electrons. The smallest absolute Gasteiger partial charge is 0.326 e. The van der Waals surface area contributed by atoms with Crippen LogP contribution in [0.5, 0.6) is 0 Å². The first-order chi connectivity index (χ1) is 9.75. The Hall–Kier alpha value is -2.22. The Morgan fingerprint density at radius 3 is 2.62 bits per heavy atom. The van der Waals surface area contributed by atoms with E-state index in [1.807, 2.05) is 6.92 Å². The van der Waals surface area contributed by atoms with Gasteiger partial charge in [-0.25, -0.2) is 9.78 Å². The fraction of sp³-hybridized carbons (Fsp3) is 0.385. The standard InChI is InChI=1S/C13H15N3O4S/c1-6-8(3)21-13-14-5-9(11(18)16(6)13)10(17)15(4)7(2)12(19)20/h5,7H,1-4H3,(H,19,20). The molecule has 0 aliphatic rings. The van der Waals surface area contributed by atoms with E-state index in [0.717, 1.165) is 15.5 Å². The number of fused-ring (bicyclic) bond motifs is 1. The van der Waals surface area contributed by atoms with E-state index >= 15 is 0 Å². The van der Waals surface area contributed by atoms with Crippen LogP contribution in [-0.2, 0) is 4.79 Å². The summed E-state index contributed by atoms with van der Waals surface area (Å²) in [6, 6.07) is -1.03. The highest BCUT2D eigenvalue weighted by molar-refractivity contribution is 7.17. The van der Waals surface area contributed by atoms with Gasteiger partial charge < -0.3 is 10.0 Å². The second-order valence-corrected chi connectivity index (χ2v) is 5.95. The molecule has 112 valence electrons. The lowest BCUT2D eigenvalue weighted by atomic mass is 10.2. The molecule has 0 spiro atoms. The van der Waals surface area contributed by atoms with Gasteiger partial charge in [0.2, 0.25) is 0 Å². The molecule has 1 unspecified atom stereocenters. The van der Waals surface area contributed by atoms with Crippen LogP contribution in [0.4, 0.5) is 0 Å². The second kappa shape index (κ2) is 5.28. The third kappa shape index (κ3) is 2.42. The fourth-order valence-corrected chi connectivity index (χ4v) is 2.78. The maximum Gasteiger partial charge on any atom is 0.326 e. The van der Waals surface area contributed by atoms with Crippen LogP contribution in [-0.4, -0.2) is 44.4 Å². The van der Waals surface area contributed by atoms with Crippen LogP contribution >= 0.6 is 11.3 Å². The Morgan fingerprint density at radius 2 is 2.05 bits per heavy atom. The summed E-state index contributed by atoms with van der Waals surface area (Å²) in [7, 11) is 1.35. The highest BCUT2D eigenvalue weighted by atomic mass is 32.1. The number of amides is 1. The summed E-state index contributed by atoms with van der Waals surface area (Å²) in [5.74, 6) is -1.79. The summed E-state index contributed by atoms with van der Waals surface area (Å²) in [5, 5.41) is 8.95. The van der Waals surface area contributed by atoms with Crippen LogP contribution < -0.4 is 5.56 Å². The lowest BCUT2D eigenvalue weighted by molar-refractivity contribution is -0.141. The van der Waals surface area contributed by atoms with Gasteiger partial charge in [-0.2, -0.15) is 0 Å². The van der Waals surface area contributed by atoms with E-state index in [1.54, 1.807) is 6.92 Å². The van der Waals surface area contributed by atoms with E-state index in [2.05, 4.69) is 4.98 Å². The Bertz CT molecular complexity index is 793. The minimum Gasteiger partial charge on any atom is -0.480 e. The van der Waals surface area contributed by atoms with Gasteiger partial charge in [0.25, 0.3) is 11.5 Å². The Morgan fingerprint density at radius 1 is 1.43 bits per heavy atom. The van der Waals surface area contributed by atoms with Crippen molar-refractivity contribution in [2.45, 2.75) is 26.8 Å². The normalized spacial score (nSPS) is 12.4. The highest BCUT2D eigenvalue weighted by Crippen LogP contribution is 2.18. The molecule has 0 fully saturated rings. The third-order valence-corrected chi connectivity index (χ3v) is 4.58. The Kier molecular flexibility index (Phi) is 3.82. The van der Waals surface area contributed by atoms with E-state index in [9.17, 15) is 14.4 Å². The van der Waals surface area contributed by atoms with Crippen molar-refractivity contribution in [2.24, 2.45) is 0 Å². The molecule has 2 heterocycles. The van der Waals surface area contributed by atoms with Crippen LogP contribution in [0.1, 0.15) is 27.9 Å². The second-order valence-electron chi connectivity index (χ2n) is 4.77. The molecule has 2 rings (SSSR count). The SMILES string of the molecule is Cc1sc2ncc(C(=O)N(C)C(C)C(=O)O)c(=O)n2c1C. The molecule has 2 aromatic heterocycles. The molecular weight excluding hydrogens is 294 g/mol. The van der Waals surface area contributed by atoms with Gasteiger partial charge in [0.15, 0.2) is 4.96 Å². The molecule has 0 saturated carbocycles. The van der Waals surface area contributed by atoms with Gasteiger partial charge in [0.1, 0.15) is 11.6 Å². The molecule has 1 N–H and O–H groups in total. The van der Waals surface area contributed by atoms with E-state index in [-0.39, 0.29) is 5.56 Å². The largest absolute Gasteiger partial charge is 0.480 e. The molecule has 1 atom stereocenters. The number of carboxylic acid groups (broad SMARTS) is 1. The number of carbonyl (C=O) groups excluding carboxylic acids is 1. The summed E-state index contributed by atoms with van der Waals surface area (Å²) in [6.07, 6.45) is 1.21. The third-order valence-electron chi connectivity index (χ3n) is 3.51. The predicted molar refractivity (Wildman–Crippen MR) is 78.0 cm³/mol. The van der Waals surface area contributed by atoms with Crippen LogP contribution in [0.15, 0.2) is 11.0 Å². The molecule has 0 aliphatic heterocycles. The molecule has 0 bridgehead atoms. The molecule has 21 heavy (non-hydrogen) atoms. The van der Waals surface area contributed by atoms with Crippen molar-refractivity contribution >= 4 is 28.2 Å². The molecule has 0 saturated heterocycles. The number of aromatic nitrogens is 2. The number of nitrogens with zero attached hydrogens (tertiary/aromatic N) is 3. The van der Waals surface area contributed by atoms with Crippen molar-refractivity contribution in [3.05, 3.63) is 32.7 Å². The zero-order chi connectivity index (χ0) is 15.9. The topological polar surface area (TPSA) is 92.0 Å². The Balaban J connectivity index is 2.55. The number of aliphatic carboxylic acids is 1. The first kappa shape index (κ1) is 15.2. The average molecular weight is 309 g/mol. The molecule has 7 nitrogen and oxygen atoms in total. The van der Waals surface area contributed by atoms with E-state index in [0.29, 0.717) is 4.96 Å². The monoisotopic (exact) mass is 309 g/mol. The summed E-state index contributed by atoms with van der Waals surface area (Å²) >= 11 is 1.37. The lowest BCUT2D eigenvalue weighted by Gasteiger charge is -2.20. The number of aryl methyl sites for hydroxylation is 2. The van der Waals surface area contributed by atoms with Crippen molar-refractivity contribution in [3.8, 4) is 0 Å². The van der Waals surface area contributed by atoms with Crippen LogP contribution in [0, 0.1) is 13.8 Å². The number of hydrogen-bond donors (Lipinski definition) is 1. The van der Waals surface area contributed by atoms with Crippen molar-refractivity contribution in [3.63, 3.8) is 0 Å².